The Bertz CT molecular complexity index is 687. The van der Waals surface area contributed by atoms with Crippen molar-refractivity contribution in [3.63, 3.8) is 0 Å². The van der Waals surface area contributed by atoms with E-state index in [1.807, 2.05) is 41.5 Å². The van der Waals surface area contributed by atoms with Gasteiger partial charge in [-0.25, -0.2) is 14.8 Å². The highest BCUT2D eigenvalue weighted by Crippen LogP contribution is 2.36. The molecule has 7 nitrogen and oxygen atoms in total. The second-order valence-corrected chi connectivity index (χ2v) is 9.83. The molecule has 1 aromatic rings. The highest BCUT2D eigenvalue weighted by molar-refractivity contribution is 5.98. The molecule has 0 saturated carbocycles. The van der Waals surface area contributed by atoms with Crippen LogP contribution in [-0.4, -0.2) is 38.6 Å². The lowest BCUT2D eigenvalue weighted by atomic mass is 9.85. The Hall–Kier alpha value is -2.18. The lowest BCUT2D eigenvalue weighted by Crippen LogP contribution is -2.42. The molecule has 7 heteroatoms. The van der Waals surface area contributed by atoms with Crippen molar-refractivity contribution in [3.8, 4) is 5.75 Å². The van der Waals surface area contributed by atoms with Gasteiger partial charge < -0.3 is 15.2 Å². The minimum absolute atomic E-state index is 0.000644. The standard InChI is InChI=1S/C20H33N3O4/c1-11(21-17(26)27-20(8,9)10)12(24)16-22-14(18(2,3)4)13(25)15(23-16)19(5,6)7/h11,25H,1-10H3,(H,21,26). The summed E-state index contributed by atoms with van der Waals surface area (Å²) < 4.78 is 5.19. The molecule has 27 heavy (non-hydrogen) atoms. The molecule has 2 N–H and O–H groups in total. The number of Topliss-reactive ketones (excluding diaryl/α,β-unsaturated/α-hetero) is 1. The highest BCUT2D eigenvalue weighted by Gasteiger charge is 2.32. The molecule has 1 atom stereocenters. The normalized spacial score (nSPS) is 13.9. The first-order valence-electron chi connectivity index (χ1n) is 9.09. The van der Waals surface area contributed by atoms with Crippen LogP contribution in [0, 0.1) is 0 Å². The molecule has 0 aliphatic carbocycles. The average molecular weight is 380 g/mol. The maximum Gasteiger partial charge on any atom is 0.408 e. The van der Waals surface area contributed by atoms with E-state index in [1.165, 1.54) is 0 Å². The van der Waals surface area contributed by atoms with Gasteiger partial charge in [0.25, 0.3) is 0 Å². The number of nitrogens with one attached hydrogen (secondary N) is 1. The van der Waals surface area contributed by atoms with Crippen LogP contribution >= 0.6 is 0 Å². The number of ether oxygens (including phenoxy) is 1. The summed E-state index contributed by atoms with van der Waals surface area (Å²) >= 11 is 0. The lowest BCUT2D eigenvalue weighted by Gasteiger charge is -2.26. The van der Waals surface area contributed by atoms with E-state index in [0.29, 0.717) is 11.4 Å². The van der Waals surface area contributed by atoms with E-state index in [2.05, 4.69) is 15.3 Å². The first-order valence-corrected chi connectivity index (χ1v) is 9.09. The molecule has 1 unspecified atom stereocenters. The Labute approximate surface area is 161 Å². The zero-order valence-electron chi connectivity index (χ0n) is 18.1. The van der Waals surface area contributed by atoms with Crippen LogP contribution in [0.15, 0.2) is 0 Å². The third kappa shape index (κ3) is 6.19. The molecule has 0 aromatic carbocycles. The van der Waals surface area contributed by atoms with Crippen LogP contribution in [0.1, 0.15) is 91.2 Å². The molecule has 0 aliphatic heterocycles. The van der Waals surface area contributed by atoms with E-state index in [0.717, 1.165) is 0 Å². The SMILES string of the molecule is CC(NC(=O)OC(C)(C)C)C(=O)c1nc(C(C)(C)C)c(O)c(C(C)(C)C)n1. The quantitative estimate of drug-likeness (QED) is 0.773. The highest BCUT2D eigenvalue weighted by atomic mass is 16.6. The van der Waals surface area contributed by atoms with Gasteiger partial charge in [0.2, 0.25) is 5.78 Å². The van der Waals surface area contributed by atoms with Gasteiger partial charge in [-0.05, 0) is 27.7 Å². The summed E-state index contributed by atoms with van der Waals surface area (Å²) in [4.78, 5) is 33.4. The van der Waals surface area contributed by atoms with Crippen molar-refractivity contribution in [3.05, 3.63) is 17.2 Å². The van der Waals surface area contributed by atoms with Crippen LogP contribution in [0.25, 0.3) is 0 Å². The Morgan fingerprint density at radius 1 is 0.926 bits per heavy atom. The van der Waals surface area contributed by atoms with Crippen molar-refractivity contribution in [2.75, 3.05) is 0 Å². The number of hydrogen-bond acceptors (Lipinski definition) is 6. The number of ketones is 1. The van der Waals surface area contributed by atoms with Crippen LogP contribution < -0.4 is 5.32 Å². The van der Waals surface area contributed by atoms with Crippen molar-refractivity contribution in [1.82, 2.24) is 15.3 Å². The number of aromatic hydroxyl groups is 1. The molecule has 0 radical (unpaired) electrons. The molecule has 1 heterocycles. The van der Waals surface area contributed by atoms with Crippen molar-refractivity contribution < 1.29 is 19.4 Å². The summed E-state index contributed by atoms with van der Waals surface area (Å²) in [6.07, 6.45) is -0.686. The summed E-state index contributed by atoms with van der Waals surface area (Å²) in [6, 6.07) is -0.870. The molecule has 0 bridgehead atoms. The predicted octanol–water partition coefficient (Wildman–Crippen LogP) is 3.87. The number of aromatic nitrogens is 2. The van der Waals surface area contributed by atoms with Gasteiger partial charge in [-0.15, -0.1) is 0 Å². The van der Waals surface area contributed by atoms with E-state index < -0.39 is 34.3 Å². The number of nitrogens with zero attached hydrogens (tertiary/aromatic N) is 2. The zero-order valence-corrected chi connectivity index (χ0v) is 18.1. The maximum absolute atomic E-state index is 12.8. The van der Waals surface area contributed by atoms with Gasteiger partial charge in [-0.3, -0.25) is 4.79 Å². The number of carbonyl (C=O) groups excluding carboxylic acids is 2. The van der Waals surface area contributed by atoms with E-state index in [-0.39, 0.29) is 11.6 Å². The van der Waals surface area contributed by atoms with Crippen molar-refractivity contribution >= 4 is 11.9 Å². The van der Waals surface area contributed by atoms with E-state index >= 15 is 0 Å². The van der Waals surface area contributed by atoms with Gasteiger partial charge in [0.05, 0.1) is 17.4 Å². The smallest absolute Gasteiger partial charge is 0.408 e. The van der Waals surface area contributed by atoms with Gasteiger partial charge in [-0.1, -0.05) is 41.5 Å². The second kappa shape index (κ2) is 7.44. The third-order valence-corrected chi connectivity index (χ3v) is 3.65. The van der Waals surface area contributed by atoms with Gasteiger partial charge in [-0.2, -0.15) is 0 Å². The van der Waals surface area contributed by atoms with E-state index in [1.54, 1.807) is 27.7 Å². The summed E-state index contributed by atoms with van der Waals surface area (Å²) in [5, 5.41) is 13.2. The third-order valence-electron chi connectivity index (χ3n) is 3.65. The molecule has 1 aromatic heterocycles. The Morgan fingerprint density at radius 2 is 1.33 bits per heavy atom. The van der Waals surface area contributed by atoms with Gasteiger partial charge in [0, 0.05) is 10.8 Å². The first kappa shape index (κ1) is 22.9. The molecule has 0 aliphatic rings. The topological polar surface area (TPSA) is 101 Å². The molecule has 152 valence electrons. The van der Waals surface area contributed by atoms with Crippen molar-refractivity contribution in [1.29, 1.82) is 0 Å². The van der Waals surface area contributed by atoms with Crippen LogP contribution in [-0.2, 0) is 15.6 Å². The Balaban J connectivity index is 3.28. The van der Waals surface area contributed by atoms with Crippen LogP contribution in [0.4, 0.5) is 4.79 Å². The molecule has 0 saturated heterocycles. The fourth-order valence-electron chi connectivity index (χ4n) is 2.35. The fourth-order valence-corrected chi connectivity index (χ4v) is 2.35. The average Bonchev–Trinajstić information content (AvgIpc) is 2.41. The monoisotopic (exact) mass is 379 g/mol. The zero-order chi connectivity index (χ0) is 21.4. The van der Waals surface area contributed by atoms with Gasteiger partial charge in [0.1, 0.15) is 5.60 Å². The fraction of sp³-hybridized carbons (Fsp3) is 0.700. The summed E-state index contributed by atoms with van der Waals surface area (Å²) in [5.74, 6) is -0.484. The summed E-state index contributed by atoms with van der Waals surface area (Å²) in [7, 11) is 0. The van der Waals surface area contributed by atoms with Gasteiger partial charge in [0.15, 0.2) is 11.6 Å². The minimum Gasteiger partial charge on any atom is -0.504 e. The second-order valence-electron chi connectivity index (χ2n) is 9.83. The molecular weight excluding hydrogens is 346 g/mol. The number of hydrogen-bond donors (Lipinski definition) is 2. The van der Waals surface area contributed by atoms with Crippen molar-refractivity contribution in [2.24, 2.45) is 0 Å². The number of amides is 1. The Morgan fingerprint density at radius 3 is 1.67 bits per heavy atom. The summed E-state index contributed by atoms with van der Waals surface area (Å²) in [6.45, 7) is 18.2. The first-order chi connectivity index (χ1) is 11.9. The van der Waals surface area contributed by atoms with Crippen LogP contribution in [0.5, 0.6) is 5.75 Å². The van der Waals surface area contributed by atoms with Crippen LogP contribution in [0.2, 0.25) is 0 Å². The molecule has 0 fully saturated rings. The maximum atomic E-state index is 12.8. The number of rotatable bonds is 3. The predicted molar refractivity (Wildman–Crippen MR) is 104 cm³/mol. The summed E-state index contributed by atoms with van der Waals surface area (Å²) in [5.41, 5.74) is -0.834. The largest absolute Gasteiger partial charge is 0.504 e. The van der Waals surface area contributed by atoms with E-state index in [9.17, 15) is 14.7 Å². The van der Waals surface area contributed by atoms with Gasteiger partial charge >= 0.3 is 6.09 Å². The van der Waals surface area contributed by atoms with Crippen LogP contribution in [0.3, 0.4) is 0 Å². The molecule has 1 amide bonds. The molecule has 1 rings (SSSR count). The van der Waals surface area contributed by atoms with Crippen molar-refractivity contribution in [2.45, 2.75) is 91.7 Å². The lowest BCUT2D eigenvalue weighted by molar-refractivity contribution is 0.0496. The Kier molecular flexibility index (Phi) is 6.30. The number of carbonyl (C=O) groups is 2. The minimum atomic E-state index is -0.870. The molecule has 0 spiro atoms. The number of alkyl carbamates (subject to hydrolysis) is 1. The van der Waals surface area contributed by atoms with E-state index in [4.69, 9.17) is 4.74 Å². The molecular formula is C20H33N3O4.